The van der Waals surface area contributed by atoms with E-state index in [-0.39, 0.29) is 70.4 Å². The zero-order valence-electron chi connectivity index (χ0n) is 27.0. The van der Waals surface area contributed by atoms with Crippen molar-refractivity contribution in [2.45, 2.75) is 29.5 Å². The van der Waals surface area contributed by atoms with Crippen LogP contribution in [0.15, 0.2) is 82.6 Å². The van der Waals surface area contributed by atoms with Crippen LogP contribution in [0, 0.1) is 39.7 Å². The van der Waals surface area contributed by atoms with Gasteiger partial charge >= 0.3 is 10.8 Å². The van der Waals surface area contributed by atoms with Gasteiger partial charge in [0.05, 0.1) is 39.6 Å². The van der Waals surface area contributed by atoms with Crippen molar-refractivity contribution < 1.29 is 33.6 Å². The summed E-state index contributed by atoms with van der Waals surface area (Å²) in [6.45, 7) is 1.74. The molecule has 0 radical (unpaired) electrons. The first-order valence-corrected chi connectivity index (χ1v) is 18.1. The number of anilines is 2. The maximum atomic E-state index is 14.0. The van der Waals surface area contributed by atoms with Gasteiger partial charge < -0.3 is 19.8 Å². The maximum Gasteiger partial charge on any atom is 0.338 e. The number of rotatable bonds is 9. The molecule has 3 aromatic carbocycles. The molecule has 2 aliphatic heterocycles. The third kappa shape index (κ3) is 5.60. The fourth-order valence-corrected chi connectivity index (χ4v) is 11.3. The summed E-state index contributed by atoms with van der Waals surface area (Å²) in [5, 5.41) is 14.7. The van der Waals surface area contributed by atoms with Gasteiger partial charge in [-0.05, 0) is 85.2 Å². The molecule has 4 aliphatic rings. The number of ether oxygens (including phenoxy) is 2. The number of carbonyl (C=O) groups excluding carboxylic acids is 4. The topological polar surface area (TPSA) is 178 Å². The Hall–Kier alpha value is -5.28. The maximum absolute atomic E-state index is 14.0. The third-order valence-electron chi connectivity index (χ3n) is 10.3. The van der Waals surface area contributed by atoms with Gasteiger partial charge in [0, 0.05) is 33.9 Å². The quantitative estimate of drug-likeness (QED) is 0.101. The lowest BCUT2D eigenvalue weighted by atomic mass is 9.68. The molecule has 8 rings (SSSR count). The van der Waals surface area contributed by atoms with E-state index in [0.29, 0.717) is 22.7 Å². The minimum atomic E-state index is -0.523. The number of hydrogen-bond acceptors (Lipinski definition) is 11. The number of esters is 1. The predicted molar refractivity (Wildman–Crippen MR) is 187 cm³/mol. The number of aromatic amines is 1. The van der Waals surface area contributed by atoms with Crippen molar-refractivity contribution in [1.82, 2.24) is 4.98 Å². The number of thioether (sulfide) groups is 1. The number of thiazole rings is 1. The van der Waals surface area contributed by atoms with Crippen LogP contribution < -0.4 is 19.8 Å². The minimum absolute atomic E-state index is 0.00135. The Bertz CT molecular complexity index is 2130. The van der Waals surface area contributed by atoms with Crippen LogP contribution >= 0.6 is 23.1 Å². The molecule has 2 bridgehead atoms. The number of fused-ring (bicyclic) bond motifs is 9. The lowest BCUT2D eigenvalue weighted by Gasteiger charge is -2.43. The Morgan fingerprint density at radius 1 is 0.961 bits per heavy atom. The Balaban J connectivity index is 0.995. The standard InChI is InChI=1S/C36H30N4O9S2/c1-2-48-35(44)18-3-7-19(8-4-18)37-25(41)16-49-22-13-5-17(6-14-22)26-27-23-15-24(30(27)50-32-31(26)51-36(45)38-32)29-28(23)33(42)39(34(29)43)20-9-11-21(12-10-20)40(46)47/h3-14,23-24,26-30H,2,15-16H2,1H3,(H,37,41)(H,38,45)/t23?,24?,26-,27?,28?,29?,30?/m1/s1. The zero-order chi connectivity index (χ0) is 35.6. The van der Waals surface area contributed by atoms with Crippen LogP contribution in [0.2, 0.25) is 0 Å². The van der Waals surface area contributed by atoms with Gasteiger partial charge in [-0.2, -0.15) is 0 Å². The summed E-state index contributed by atoms with van der Waals surface area (Å²) in [6, 6.07) is 19.2. The van der Waals surface area contributed by atoms with Crippen LogP contribution in [0.1, 0.15) is 40.1 Å². The van der Waals surface area contributed by atoms with Gasteiger partial charge in [-0.25, -0.2) is 4.79 Å². The normalized spacial score (nSPS) is 25.6. The molecular formula is C36H30N4O9S2. The van der Waals surface area contributed by atoms with E-state index in [1.165, 1.54) is 29.2 Å². The van der Waals surface area contributed by atoms with E-state index >= 15 is 0 Å². The number of non-ortho nitro benzene ring substituents is 1. The van der Waals surface area contributed by atoms with Crippen molar-refractivity contribution in [3.63, 3.8) is 0 Å². The SMILES string of the molecule is CCOC(=O)c1ccc(NC(=O)COc2ccc([C@H]3c4sc(=O)[nH]c4SC4C5CC(C6C(=O)N(c7ccc([N+](=O)[O-])cc7)C(=O)C56)C43)cc2)cc1. The van der Waals surface area contributed by atoms with Gasteiger partial charge in [-0.15, -0.1) is 11.8 Å². The number of carbonyl (C=O) groups is 4. The van der Waals surface area contributed by atoms with Crippen molar-refractivity contribution >= 4 is 63.9 Å². The molecule has 3 fully saturated rings. The molecule has 13 nitrogen and oxygen atoms in total. The summed E-state index contributed by atoms with van der Waals surface area (Å²) in [4.78, 5) is 80.5. The van der Waals surface area contributed by atoms with Crippen molar-refractivity contribution in [1.29, 1.82) is 0 Å². The fourth-order valence-electron chi connectivity index (χ4n) is 8.39. The molecule has 2 saturated carbocycles. The van der Waals surface area contributed by atoms with Gasteiger partial charge in [0.2, 0.25) is 11.8 Å². The second-order valence-electron chi connectivity index (χ2n) is 12.9. The molecule has 51 heavy (non-hydrogen) atoms. The first-order valence-electron chi connectivity index (χ1n) is 16.4. The van der Waals surface area contributed by atoms with E-state index in [1.807, 2.05) is 12.1 Å². The summed E-state index contributed by atoms with van der Waals surface area (Å²) in [7, 11) is 0. The van der Waals surface area contributed by atoms with Crippen molar-refractivity contribution in [2.24, 2.45) is 29.6 Å². The number of imide groups is 1. The number of H-pyrrole nitrogens is 1. The van der Waals surface area contributed by atoms with Crippen LogP contribution in [0.5, 0.6) is 5.75 Å². The number of nitro groups is 1. The van der Waals surface area contributed by atoms with Crippen LogP contribution in [0.4, 0.5) is 17.1 Å². The molecular weight excluding hydrogens is 697 g/mol. The average molecular weight is 727 g/mol. The van der Waals surface area contributed by atoms with Crippen molar-refractivity contribution in [3.8, 4) is 5.75 Å². The summed E-state index contributed by atoms with van der Waals surface area (Å²) < 4.78 is 10.8. The molecule has 3 heterocycles. The van der Waals surface area contributed by atoms with E-state index in [4.69, 9.17) is 9.47 Å². The zero-order valence-corrected chi connectivity index (χ0v) is 28.6. The van der Waals surface area contributed by atoms with Crippen LogP contribution in [0.3, 0.4) is 0 Å². The second-order valence-corrected chi connectivity index (χ2v) is 15.2. The molecule has 0 spiro atoms. The van der Waals surface area contributed by atoms with Crippen molar-refractivity contribution in [3.05, 3.63) is 109 Å². The minimum Gasteiger partial charge on any atom is -0.484 e. The highest BCUT2D eigenvalue weighted by Crippen LogP contribution is 2.68. The van der Waals surface area contributed by atoms with E-state index in [2.05, 4.69) is 10.3 Å². The Morgan fingerprint density at radius 3 is 2.31 bits per heavy atom. The molecule has 260 valence electrons. The summed E-state index contributed by atoms with van der Waals surface area (Å²) in [6.07, 6.45) is 0.723. The Morgan fingerprint density at radius 2 is 1.65 bits per heavy atom. The van der Waals surface area contributed by atoms with E-state index < -0.39 is 22.7 Å². The summed E-state index contributed by atoms with van der Waals surface area (Å²) in [5.41, 5.74) is 2.03. The molecule has 4 aromatic rings. The number of amides is 3. The van der Waals surface area contributed by atoms with Crippen molar-refractivity contribution in [2.75, 3.05) is 23.4 Å². The largest absolute Gasteiger partial charge is 0.484 e. The average Bonchev–Trinajstić information content (AvgIpc) is 3.86. The van der Waals surface area contributed by atoms with E-state index in [9.17, 15) is 34.1 Å². The highest BCUT2D eigenvalue weighted by Gasteiger charge is 2.69. The van der Waals surface area contributed by atoms with Crippen LogP contribution in [-0.2, 0) is 19.1 Å². The van der Waals surface area contributed by atoms with Gasteiger partial charge in [0.15, 0.2) is 6.61 Å². The molecule has 1 aromatic heterocycles. The van der Waals surface area contributed by atoms with Gasteiger partial charge in [0.1, 0.15) is 5.75 Å². The number of nitrogens with one attached hydrogen (secondary N) is 2. The van der Waals surface area contributed by atoms with Gasteiger partial charge in [-0.3, -0.25) is 34.2 Å². The molecule has 2 N–H and O–H groups in total. The highest BCUT2D eigenvalue weighted by molar-refractivity contribution is 8.00. The predicted octanol–water partition coefficient (Wildman–Crippen LogP) is 5.22. The lowest BCUT2D eigenvalue weighted by Crippen LogP contribution is -2.42. The molecule has 1 saturated heterocycles. The van der Waals surface area contributed by atoms with Gasteiger partial charge in [-0.1, -0.05) is 23.5 Å². The highest BCUT2D eigenvalue weighted by atomic mass is 32.2. The van der Waals surface area contributed by atoms with E-state index in [1.54, 1.807) is 55.1 Å². The summed E-state index contributed by atoms with van der Waals surface area (Å²) >= 11 is 2.75. The molecule has 3 amide bonds. The van der Waals surface area contributed by atoms with E-state index in [0.717, 1.165) is 33.2 Å². The first kappa shape index (κ1) is 32.9. The smallest absolute Gasteiger partial charge is 0.338 e. The van der Waals surface area contributed by atoms with Gasteiger partial charge in [0.25, 0.3) is 11.6 Å². The number of hydrogen-bond donors (Lipinski definition) is 2. The molecule has 15 heteroatoms. The molecule has 6 unspecified atom stereocenters. The first-order chi connectivity index (χ1) is 24.6. The lowest BCUT2D eigenvalue weighted by molar-refractivity contribution is -0.384. The summed E-state index contributed by atoms with van der Waals surface area (Å²) in [5.74, 6) is -2.29. The number of nitro benzene ring substituents is 1. The Labute approximate surface area is 298 Å². The monoisotopic (exact) mass is 726 g/mol. The third-order valence-corrected chi connectivity index (χ3v) is 12.9. The molecule has 2 aliphatic carbocycles. The Kier molecular flexibility index (Phi) is 8.26. The van der Waals surface area contributed by atoms with Crippen LogP contribution in [0.25, 0.3) is 0 Å². The van der Waals surface area contributed by atoms with Crippen LogP contribution in [-0.4, -0.2) is 52.1 Å². The second kappa shape index (κ2) is 12.8. The number of aromatic nitrogens is 1. The molecule has 7 atom stereocenters. The number of nitrogens with zero attached hydrogens (tertiary/aromatic N) is 2. The fraction of sp³-hybridized carbons (Fsp3) is 0.306. The number of benzene rings is 3.